The first-order valence-electron chi connectivity index (χ1n) is 8.86. The minimum atomic E-state index is 0.263. The van der Waals surface area contributed by atoms with Gasteiger partial charge in [-0.05, 0) is 23.6 Å². The standard InChI is InChI=1S/C21H25NO3/c1-24-14-5-15-25-20-7-3-2-6-19(20)18-11-9-17(10-12-18)16-22-13-4-8-21(22)23/h2-3,6-7,9-12H,4-5,8,13-16H2,1H3. The highest BCUT2D eigenvalue weighted by atomic mass is 16.5. The molecule has 0 bridgehead atoms. The second kappa shape index (κ2) is 8.67. The second-order valence-corrected chi connectivity index (χ2v) is 6.31. The van der Waals surface area contributed by atoms with Gasteiger partial charge >= 0.3 is 0 Å². The number of hydrogen-bond donors (Lipinski definition) is 0. The minimum Gasteiger partial charge on any atom is -0.493 e. The van der Waals surface area contributed by atoms with Crippen LogP contribution in [0.15, 0.2) is 48.5 Å². The van der Waals surface area contributed by atoms with Crippen LogP contribution in [0.25, 0.3) is 11.1 Å². The Balaban J connectivity index is 1.68. The molecule has 2 aromatic rings. The van der Waals surface area contributed by atoms with Crippen LogP contribution in [0.5, 0.6) is 5.75 Å². The van der Waals surface area contributed by atoms with Gasteiger partial charge in [-0.1, -0.05) is 42.5 Å². The van der Waals surface area contributed by atoms with Crippen LogP contribution in [0.4, 0.5) is 0 Å². The van der Waals surface area contributed by atoms with Gasteiger partial charge in [-0.15, -0.1) is 0 Å². The minimum absolute atomic E-state index is 0.263. The van der Waals surface area contributed by atoms with Gasteiger partial charge in [-0.2, -0.15) is 0 Å². The van der Waals surface area contributed by atoms with E-state index in [1.807, 2.05) is 23.1 Å². The third kappa shape index (κ3) is 4.60. The van der Waals surface area contributed by atoms with Crippen molar-refractivity contribution < 1.29 is 14.3 Å². The number of benzene rings is 2. The summed E-state index contributed by atoms with van der Waals surface area (Å²) in [5.41, 5.74) is 3.38. The second-order valence-electron chi connectivity index (χ2n) is 6.31. The number of rotatable bonds is 8. The molecule has 1 saturated heterocycles. The maximum absolute atomic E-state index is 11.8. The van der Waals surface area contributed by atoms with E-state index >= 15 is 0 Å². The molecule has 1 amide bonds. The predicted octanol–water partition coefficient (Wildman–Crippen LogP) is 3.89. The SMILES string of the molecule is COCCCOc1ccccc1-c1ccc(CN2CCCC2=O)cc1. The van der Waals surface area contributed by atoms with Crippen LogP contribution in [-0.2, 0) is 16.1 Å². The molecule has 0 saturated carbocycles. The average molecular weight is 339 g/mol. The third-order valence-corrected chi connectivity index (χ3v) is 4.45. The van der Waals surface area contributed by atoms with Crippen LogP contribution in [0.1, 0.15) is 24.8 Å². The van der Waals surface area contributed by atoms with Gasteiger partial charge in [0.25, 0.3) is 0 Å². The molecule has 0 atom stereocenters. The number of carbonyl (C=O) groups is 1. The van der Waals surface area contributed by atoms with Crippen LogP contribution in [0, 0.1) is 0 Å². The smallest absolute Gasteiger partial charge is 0.222 e. The van der Waals surface area contributed by atoms with Gasteiger partial charge in [0.15, 0.2) is 0 Å². The van der Waals surface area contributed by atoms with Crippen molar-refractivity contribution in [2.24, 2.45) is 0 Å². The van der Waals surface area contributed by atoms with E-state index in [0.717, 1.165) is 41.8 Å². The van der Waals surface area contributed by atoms with Gasteiger partial charge in [0.1, 0.15) is 5.75 Å². The van der Waals surface area contributed by atoms with Gasteiger partial charge in [-0.3, -0.25) is 4.79 Å². The summed E-state index contributed by atoms with van der Waals surface area (Å²) in [7, 11) is 1.70. The number of likely N-dealkylation sites (tertiary alicyclic amines) is 1. The summed E-state index contributed by atoms with van der Waals surface area (Å²) in [4.78, 5) is 13.7. The topological polar surface area (TPSA) is 38.8 Å². The summed E-state index contributed by atoms with van der Waals surface area (Å²) < 4.78 is 11.0. The van der Waals surface area contributed by atoms with E-state index in [2.05, 4.69) is 30.3 Å². The summed E-state index contributed by atoms with van der Waals surface area (Å²) >= 11 is 0. The largest absolute Gasteiger partial charge is 0.493 e. The van der Waals surface area contributed by atoms with Gasteiger partial charge < -0.3 is 14.4 Å². The summed E-state index contributed by atoms with van der Waals surface area (Å²) in [6.45, 7) is 2.92. The molecule has 1 aliphatic heterocycles. The van der Waals surface area contributed by atoms with Crippen molar-refractivity contribution >= 4 is 5.91 Å². The Bertz CT molecular complexity index is 697. The van der Waals surface area contributed by atoms with Crippen molar-refractivity contribution in [3.63, 3.8) is 0 Å². The van der Waals surface area contributed by atoms with Gasteiger partial charge in [0.05, 0.1) is 6.61 Å². The van der Waals surface area contributed by atoms with E-state index in [1.54, 1.807) is 7.11 Å². The Kier molecular flexibility index (Phi) is 6.07. The van der Waals surface area contributed by atoms with E-state index in [9.17, 15) is 4.79 Å². The lowest BCUT2D eigenvalue weighted by Crippen LogP contribution is -2.23. The third-order valence-electron chi connectivity index (χ3n) is 4.45. The molecule has 4 heteroatoms. The van der Waals surface area contributed by atoms with Gasteiger partial charge in [0.2, 0.25) is 5.91 Å². The highest BCUT2D eigenvalue weighted by Gasteiger charge is 2.19. The van der Waals surface area contributed by atoms with Crippen molar-refractivity contribution in [1.82, 2.24) is 4.90 Å². The van der Waals surface area contributed by atoms with Gasteiger partial charge in [0, 0.05) is 45.2 Å². The maximum atomic E-state index is 11.8. The molecule has 0 N–H and O–H groups in total. The first kappa shape index (κ1) is 17.5. The first-order chi connectivity index (χ1) is 12.3. The Labute approximate surface area is 149 Å². The molecule has 132 valence electrons. The van der Waals surface area contributed by atoms with Crippen molar-refractivity contribution in [1.29, 1.82) is 0 Å². The van der Waals surface area contributed by atoms with Crippen molar-refractivity contribution in [3.05, 3.63) is 54.1 Å². The quantitative estimate of drug-likeness (QED) is 0.685. The number of para-hydroxylation sites is 1. The molecule has 0 aliphatic carbocycles. The number of ether oxygens (including phenoxy) is 2. The zero-order chi connectivity index (χ0) is 17.5. The van der Waals surface area contributed by atoms with E-state index < -0.39 is 0 Å². The lowest BCUT2D eigenvalue weighted by molar-refractivity contribution is -0.128. The molecule has 1 fully saturated rings. The Morgan fingerprint density at radius 3 is 2.56 bits per heavy atom. The Hall–Kier alpha value is -2.33. The van der Waals surface area contributed by atoms with Gasteiger partial charge in [-0.25, -0.2) is 0 Å². The number of carbonyl (C=O) groups excluding carboxylic acids is 1. The molecule has 3 rings (SSSR count). The summed E-state index contributed by atoms with van der Waals surface area (Å²) in [5.74, 6) is 1.15. The molecule has 4 nitrogen and oxygen atoms in total. The number of hydrogen-bond acceptors (Lipinski definition) is 3. The molecular weight excluding hydrogens is 314 g/mol. The molecule has 0 unspecified atom stereocenters. The average Bonchev–Trinajstić information content (AvgIpc) is 3.05. The Morgan fingerprint density at radius 1 is 1.04 bits per heavy atom. The predicted molar refractivity (Wildman–Crippen MR) is 98.5 cm³/mol. The molecule has 2 aromatic carbocycles. The molecular formula is C21H25NO3. The lowest BCUT2D eigenvalue weighted by Gasteiger charge is -2.16. The Morgan fingerprint density at radius 2 is 1.84 bits per heavy atom. The fraction of sp³-hybridized carbons (Fsp3) is 0.381. The van der Waals surface area contributed by atoms with Crippen molar-refractivity contribution in [2.45, 2.75) is 25.8 Å². The molecule has 0 aromatic heterocycles. The van der Waals surface area contributed by atoms with Crippen LogP contribution in [0.3, 0.4) is 0 Å². The molecule has 1 heterocycles. The fourth-order valence-electron chi connectivity index (χ4n) is 3.10. The lowest BCUT2D eigenvalue weighted by atomic mass is 10.0. The molecule has 0 spiro atoms. The molecule has 1 aliphatic rings. The zero-order valence-corrected chi connectivity index (χ0v) is 14.7. The van der Waals surface area contributed by atoms with Crippen LogP contribution in [0.2, 0.25) is 0 Å². The summed E-state index contributed by atoms with van der Waals surface area (Å²) in [5, 5.41) is 0. The molecule has 25 heavy (non-hydrogen) atoms. The highest BCUT2D eigenvalue weighted by Crippen LogP contribution is 2.30. The monoisotopic (exact) mass is 339 g/mol. The zero-order valence-electron chi connectivity index (χ0n) is 14.7. The highest BCUT2D eigenvalue weighted by molar-refractivity contribution is 5.78. The summed E-state index contributed by atoms with van der Waals surface area (Å²) in [6.07, 6.45) is 2.53. The number of amides is 1. The van der Waals surface area contributed by atoms with Crippen LogP contribution < -0.4 is 4.74 Å². The first-order valence-corrected chi connectivity index (χ1v) is 8.86. The van der Waals surface area contributed by atoms with E-state index in [4.69, 9.17) is 9.47 Å². The number of nitrogens with zero attached hydrogens (tertiary/aromatic N) is 1. The molecule has 0 radical (unpaired) electrons. The van der Waals surface area contributed by atoms with Crippen molar-refractivity contribution in [3.8, 4) is 16.9 Å². The maximum Gasteiger partial charge on any atom is 0.222 e. The summed E-state index contributed by atoms with van der Waals surface area (Å²) in [6, 6.07) is 16.5. The van der Waals surface area contributed by atoms with Crippen molar-refractivity contribution in [2.75, 3.05) is 26.9 Å². The van der Waals surface area contributed by atoms with Crippen LogP contribution >= 0.6 is 0 Å². The van der Waals surface area contributed by atoms with E-state index in [-0.39, 0.29) is 5.91 Å². The van der Waals surface area contributed by atoms with E-state index in [0.29, 0.717) is 26.2 Å². The number of methoxy groups -OCH3 is 1. The fourth-order valence-corrected chi connectivity index (χ4v) is 3.10. The van der Waals surface area contributed by atoms with E-state index in [1.165, 1.54) is 0 Å². The van der Waals surface area contributed by atoms with Crippen LogP contribution in [-0.4, -0.2) is 37.7 Å². The normalized spacial score (nSPS) is 14.1.